The number of pyridine rings is 1. The summed E-state index contributed by atoms with van der Waals surface area (Å²) < 4.78 is 13.4. The second-order valence-corrected chi connectivity index (χ2v) is 4.86. The van der Waals surface area contributed by atoms with Crippen LogP contribution in [0.2, 0.25) is 0 Å². The van der Waals surface area contributed by atoms with Gasteiger partial charge in [-0.1, -0.05) is 28.1 Å². The number of halogens is 2. The fraction of sp³-hybridized carbons (Fsp3) is 0.133. The Morgan fingerprint density at radius 3 is 2.89 bits per heavy atom. The zero-order valence-electron chi connectivity index (χ0n) is 9.66. The van der Waals surface area contributed by atoms with E-state index in [1.165, 1.54) is 11.6 Å². The van der Waals surface area contributed by atoms with Crippen LogP contribution in [0.5, 0.6) is 0 Å². The van der Waals surface area contributed by atoms with Crippen molar-refractivity contribution in [2.75, 3.05) is 0 Å². The topological polar surface area (TPSA) is 12.9 Å². The molecule has 1 heterocycles. The van der Waals surface area contributed by atoms with Gasteiger partial charge in [-0.15, -0.1) is 0 Å². The van der Waals surface area contributed by atoms with E-state index in [0.29, 0.717) is 0 Å². The van der Waals surface area contributed by atoms with Crippen molar-refractivity contribution in [3.63, 3.8) is 0 Å². The lowest BCUT2D eigenvalue weighted by Crippen LogP contribution is -1.94. The predicted molar refractivity (Wildman–Crippen MR) is 74.1 cm³/mol. The van der Waals surface area contributed by atoms with Crippen molar-refractivity contribution in [1.29, 1.82) is 0 Å². The molecule has 1 nitrogen and oxygen atoms in total. The predicted octanol–water partition coefficient (Wildman–Crippen LogP) is 4.10. The lowest BCUT2D eigenvalue weighted by atomic mass is 9.99. The highest BCUT2D eigenvalue weighted by molar-refractivity contribution is 9.11. The third kappa shape index (κ3) is 1.99. The largest absolute Gasteiger partial charge is 0.261 e. The molecule has 0 bridgehead atoms. The third-order valence-corrected chi connectivity index (χ3v) is 3.83. The Bertz CT molecular complexity index is 634. The molecule has 0 atom stereocenters. The van der Waals surface area contributed by atoms with Crippen molar-refractivity contribution in [2.24, 2.45) is 0 Å². The molecule has 0 spiro atoms. The normalized spacial score (nSPS) is 16.0. The van der Waals surface area contributed by atoms with Gasteiger partial charge >= 0.3 is 0 Å². The molecule has 90 valence electrons. The standard InChI is InChI=1S/C15H11BrFN/c16-9-12-7-15-11(2-1-5-18-15)6-10-3-4-13(17)8-14(10)12/h1-5,8-9H,6-7H2. The summed E-state index contributed by atoms with van der Waals surface area (Å²) in [6, 6.07) is 9.03. The zero-order chi connectivity index (χ0) is 12.5. The van der Waals surface area contributed by atoms with Crippen LogP contribution in [0.15, 0.2) is 41.5 Å². The van der Waals surface area contributed by atoms with Gasteiger partial charge in [0.2, 0.25) is 0 Å². The summed E-state index contributed by atoms with van der Waals surface area (Å²) in [7, 11) is 0. The first-order valence-corrected chi connectivity index (χ1v) is 6.70. The first-order valence-electron chi connectivity index (χ1n) is 5.79. The van der Waals surface area contributed by atoms with Crippen LogP contribution >= 0.6 is 15.9 Å². The molecule has 1 aliphatic carbocycles. The average Bonchev–Trinajstić information content (AvgIpc) is 2.54. The highest BCUT2D eigenvalue weighted by Gasteiger charge is 2.17. The SMILES string of the molecule is Fc1ccc2c(c1)C(=CBr)Cc1ncccc1C2. The summed E-state index contributed by atoms with van der Waals surface area (Å²) in [5, 5.41) is 0. The molecule has 0 radical (unpaired) electrons. The van der Waals surface area contributed by atoms with Crippen molar-refractivity contribution >= 4 is 21.5 Å². The zero-order valence-corrected chi connectivity index (χ0v) is 11.2. The summed E-state index contributed by atoms with van der Waals surface area (Å²) in [4.78, 5) is 6.30. The van der Waals surface area contributed by atoms with Gasteiger partial charge in [0.25, 0.3) is 0 Å². The van der Waals surface area contributed by atoms with Gasteiger partial charge in [-0.3, -0.25) is 4.98 Å². The Morgan fingerprint density at radius 1 is 1.17 bits per heavy atom. The molecule has 3 rings (SSSR count). The van der Waals surface area contributed by atoms with E-state index in [2.05, 4.69) is 27.0 Å². The summed E-state index contributed by atoms with van der Waals surface area (Å²) in [5.41, 5.74) is 5.48. The van der Waals surface area contributed by atoms with Crippen LogP contribution in [0.3, 0.4) is 0 Å². The quantitative estimate of drug-likeness (QED) is 0.714. The van der Waals surface area contributed by atoms with Crippen molar-refractivity contribution in [3.8, 4) is 0 Å². The first-order chi connectivity index (χ1) is 8.78. The van der Waals surface area contributed by atoms with Crippen molar-refractivity contribution < 1.29 is 4.39 Å². The Balaban J connectivity index is 2.21. The van der Waals surface area contributed by atoms with Gasteiger partial charge < -0.3 is 0 Å². The molecule has 1 aliphatic rings. The number of nitrogens with zero attached hydrogens (tertiary/aromatic N) is 1. The van der Waals surface area contributed by atoms with Crippen molar-refractivity contribution in [2.45, 2.75) is 12.8 Å². The monoisotopic (exact) mass is 303 g/mol. The number of aromatic nitrogens is 1. The molecule has 0 aliphatic heterocycles. The molecular formula is C15H11BrFN. The maximum absolute atomic E-state index is 13.4. The van der Waals surface area contributed by atoms with Gasteiger partial charge in [-0.25, -0.2) is 4.39 Å². The van der Waals surface area contributed by atoms with Crippen LogP contribution in [0, 0.1) is 5.82 Å². The van der Waals surface area contributed by atoms with Crippen LogP contribution in [0.4, 0.5) is 4.39 Å². The third-order valence-electron chi connectivity index (χ3n) is 3.27. The molecule has 0 saturated carbocycles. The summed E-state index contributed by atoms with van der Waals surface area (Å²) >= 11 is 3.38. The second-order valence-electron chi connectivity index (χ2n) is 4.40. The molecule has 18 heavy (non-hydrogen) atoms. The van der Waals surface area contributed by atoms with Crippen molar-refractivity contribution in [1.82, 2.24) is 4.98 Å². The van der Waals surface area contributed by atoms with Gasteiger partial charge in [0.15, 0.2) is 0 Å². The minimum absolute atomic E-state index is 0.195. The lowest BCUT2D eigenvalue weighted by Gasteiger charge is -2.07. The molecule has 0 fully saturated rings. The molecule has 0 N–H and O–H groups in total. The van der Waals surface area contributed by atoms with Crippen LogP contribution in [-0.4, -0.2) is 4.98 Å². The van der Waals surface area contributed by atoms with E-state index in [-0.39, 0.29) is 5.82 Å². The molecule has 0 saturated heterocycles. The van der Waals surface area contributed by atoms with Crippen LogP contribution in [-0.2, 0) is 12.8 Å². The molecule has 3 heteroatoms. The van der Waals surface area contributed by atoms with Gasteiger partial charge in [0.05, 0.1) is 0 Å². The van der Waals surface area contributed by atoms with Gasteiger partial charge in [-0.05, 0) is 51.9 Å². The van der Waals surface area contributed by atoms with E-state index >= 15 is 0 Å². The van der Waals surface area contributed by atoms with E-state index in [9.17, 15) is 4.39 Å². The summed E-state index contributed by atoms with van der Waals surface area (Å²) in [6.45, 7) is 0. The Labute approximate surface area is 114 Å². The highest BCUT2D eigenvalue weighted by atomic mass is 79.9. The fourth-order valence-corrected chi connectivity index (χ4v) is 2.78. The number of rotatable bonds is 0. The number of hydrogen-bond donors (Lipinski definition) is 0. The lowest BCUT2D eigenvalue weighted by molar-refractivity contribution is 0.626. The molecule has 1 aromatic carbocycles. The number of allylic oxidation sites excluding steroid dienone is 1. The summed E-state index contributed by atoms with van der Waals surface area (Å²) in [5.74, 6) is -0.195. The smallest absolute Gasteiger partial charge is 0.123 e. The van der Waals surface area contributed by atoms with E-state index in [0.717, 1.165) is 35.2 Å². The van der Waals surface area contributed by atoms with Crippen LogP contribution in [0.1, 0.15) is 22.4 Å². The molecule has 1 aromatic heterocycles. The van der Waals surface area contributed by atoms with Gasteiger partial charge in [0, 0.05) is 18.3 Å². The van der Waals surface area contributed by atoms with E-state index in [1.54, 1.807) is 12.3 Å². The maximum atomic E-state index is 13.4. The Hall–Kier alpha value is -1.48. The fourth-order valence-electron chi connectivity index (χ4n) is 2.37. The number of benzene rings is 1. The number of hydrogen-bond acceptors (Lipinski definition) is 1. The van der Waals surface area contributed by atoms with Crippen molar-refractivity contribution in [3.05, 3.63) is 69.7 Å². The first kappa shape index (κ1) is 11.6. The van der Waals surface area contributed by atoms with E-state index in [1.807, 2.05) is 17.1 Å². The Morgan fingerprint density at radius 2 is 2.06 bits per heavy atom. The molecule has 0 amide bonds. The van der Waals surface area contributed by atoms with E-state index in [4.69, 9.17) is 0 Å². The average molecular weight is 304 g/mol. The minimum atomic E-state index is -0.195. The van der Waals surface area contributed by atoms with Crippen LogP contribution < -0.4 is 0 Å². The maximum Gasteiger partial charge on any atom is 0.123 e. The highest BCUT2D eigenvalue weighted by Crippen LogP contribution is 2.31. The van der Waals surface area contributed by atoms with E-state index < -0.39 is 0 Å². The van der Waals surface area contributed by atoms with Gasteiger partial charge in [0.1, 0.15) is 5.82 Å². The Kier molecular flexibility index (Phi) is 3.00. The minimum Gasteiger partial charge on any atom is -0.261 e. The molecule has 0 unspecified atom stereocenters. The number of fused-ring (bicyclic) bond motifs is 2. The molecule has 2 aromatic rings. The van der Waals surface area contributed by atoms with Gasteiger partial charge in [-0.2, -0.15) is 0 Å². The van der Waals surface area contributed by atoms with Crippen LogP contribution in [0.25, 0.3) is 5.57 Å². The second kappa shape index (κ2) is 4.65. The summed E-state index contributed by atoms with van der Waals surface area (Å²) in [6.07, 6.45) is 3.35. The molecular weight excluding hydrogens is 293 g/mol.